The molecular weight excluding hydrogens is 260 g/mol. The first-order valence-electron chi connectivity index (χ1n) is 9.08. The first kappa shape index (κ1) is 18.4. The second-order valence-electron chi connectivity index (χ2n) is 8.08. The molecule has 0 nitrogen and oxygen atoms in total. The number of rotatable bonds is 8. The lowest BCUT2D eigenvalue weighted by Gasteiger charge is -2.33. The average molecular weight is 299 g/mol. The minimum atomic E-state index is 0.594. The molecule has 1 fully saturated rings. The second-order valence-corrected chi connectivity index (χ2v) is 8.74. The summed E-state index contributed by atoms with van der Waals surface area (Å²) in [5, 5.41) is 0.594. The van der Waals surface area contributed by atoms with E-state index in [1.165, 1.54) is 51.4 Å². The van der Waals surface area contributed by atoms with Crippen molar-refractivity contribution in [3.8, 4) is 0 Å². The molecule has 0 saturated heterocycles. The highest BCUT2D eigenvalue weighted by Gasteiger charge is 2.24. The van der Waals surface area contributed by atoms with E-state index in [0.29, 0.717) is 5.25 Å². The van der Waals surface area contributed by atoms with Crippen molar-refractivity contribution in [2.75, 3.05) is 0 Å². The van der Waals surface area contributed by atoms with Crippen molar-refractivity contribution in [3.05, 3.63) is 0 Å². The molecule has 0 heterocycles. The fourth-order valence-corrected chi connectivity index (χ4v) is 3.86. The lowest BCUT2D eigenvalue weighted by Crippen LogP contribution is -2.21. The van der Waals surface area contributed by atoms with Gasteiger partial charge < -0.3 is 0 Å². The molecule has 1 heteroatoms. The van der Waals surface area contributed by atoms with Gasteiger partial charge in [-0.2, -0.15) is 12.6 Å². The molecule has 1 saturated carbocycles. The molecule has 120 valence electrons. The summed E-state index contributed by atoms with van der Waals surface area (Å²) >= 11 is 4.70. The lowest BCUT2D eigenvalue weighted by molar-refractivity contribution is 0.186. The first-order chi connectivity index (χ1) is 9.40. The third-order valence-electron chi connectivity index (χ3n) is 5.62. The molecule has 1 rings (SSSR count). The van der Waals surface area contributed by atoms with Gasteiger partial charge in [0.05, 0.1) is 0 Å². The van der Waals surface area contributed by atoms with Crippen LogP contribution in [0.4, 0.5) is 0 Å². The van der Waals surface area contributed by atoms with Crippen LogP contribution in [0.5, 0.6) is 0 Å². The van der Waals surface area contributed by atoms with E-state index in [-0.39, 0.29) is 0 Å². The zero-order valence-electron chi connectivity index (χ0n) is 14.6. The minimum absolute atomic E-state index is 0.594. The molecule has 1 aliphatic carbocycles. The highest BCUT2D eigenvalue weighted by molar-refractivity contribution is 7.81. The molecule has 0 amide bonds. The fourth-order valence-electron chi connectivity index (χ4n) is 3.71. The van der Waals surface area contributed by atoms with Crippen molar-refractivity contribution in [2.24, 2.45) is 29.6 Å². The van der Waals surface area contributed by atoms with Gasteiger partial charge in [0.15, 0.2) is 0 Å². The maximum Gasteiger partial charge on any atom is 0.00399 e. The molecule has 5 atom stereocenters. The number of thiol groups is 1. The normalized spacial score (nSPS) is 30.4. The van der Waals surface area contributed by atoms with Gasteiger partial charge >= 0.3 is 0 Å². The Hall–Kier alpha value is 0.350. The fraction of sp³-hybridized carbons (Fsp3) is 1.00. The summed E-state index contributed by atoms with van der Waals surface area (Å²) in [5.41, 5.74) is 0. The topological polar surface area (TPSA) is 0 Å². The van der Waals surface area contributed by atoms with Crippen LogP contribution in [0.1, 0.15) is 86.0 Å². The average Bonchev–Trinajstić information content (AvgIpc) is 2.39. The van der Waals surface area contributed by atoms with Gasteiger partial charge in [-0.3, -0.25) is 0 Å². The summed E-state index contributed by atoms with van der Waals surface area (Å²) < 4.78 is 0. The molecular formula is C19H38S. The summed E-state index contributed by atoms with van der Waals surface area (Å²) in [5.74, 6) is 4.57. The Morgan fingerprint density at radius 1 is 1.00 bits per heavy atom. The molecule has 0 spiro atoms. The van der Waals surface area contributed by atoms with E-state index in [1.54, 1.807) is 0 Å². The van der Waals surface area contributed by atoms with E-state index >= 15 is 0 Å². The van der Waals surface area contributed by atoms with Crippen LogP contribution in [-0.2, 0) is 0 Å². The summed E-state index contributed by atoms with van der Waals surface area (Å²) in [4.78, 5) is 0. The predicted octanol–water partition coefficient (Wildman–Crippen LogP) is 6.60. The van der Waals surface area contributed by atoms with Crippen LogP contribution in [0.15, 0.2) is 0 Å². The van der Waals surface area contributed by atoms with Crippen LogP contribution >= 0.6 is 12.6 Å². The molecule has 5 unspecified atom stereocenters. The maximum absolute atomic E-state index is 4.70. The summed E-state index contributed by atoms with van der Waals surface area (Å²) in [6, 6.07) is 0. The van der Waals surface area contributed by atoms with Gasteiger partial charge in [-0.1, -0.05) is 66.7 Å². The largest absolute Gasteiger partial charge is 0.176 e. The van der Waals surface area contributed by atoms with Gasteiger partial charge in [-0.25, -0.2) is 0 Å². The van der Waals surface area contributed by atoms with E-state index < -0.39 is 0 Å². The molecule has 0 bridgehead atoms. The van der Waals surface area contributed by atoms with Gasteiger partial charge in [-0.05, 0) is 48.9 Å². The highest BCUT2D eigenvalue weighted by Crippen LogP contribution is 2.36. The van der Waals surface area contributed by atoms with Crippen LogP contribution in [0.25, 0.3) is 0 Å². The van der Waals surface area contributed by atoms with E-state index in [9.17, 15) is 0 Å². The van der Waals surface area contributed by atoms with Gasteiger partial charge in [0.2, 0.25) is 0 Å². The van der Waals surface area contributed by atoms with Gasteiger partial charge in [0.25, 0.3) is 0 Å². The van der Waals surface area contributed by atoms with Crippen molar-refractivity contribution in [1.29, 1.82) is 0 Å². The van der Waals surface area contributed by atoms with E-state index in [2.05, 4.69) is 34.6 Å². The Kier molecular flexibility index (Phi) is 8.63. The van der Waals surface area contributed by atoms with Crippen molar-refractivity contribution in [2.45, 2.75) is 91.2 Å². The van der Waals surface area contributed by atoms with Crippen LogP contribution in [0.3, 0.4) is 0 Å². The molecule has 0 aliphatic heterocycles. The third-order valence-corrected chi connectivity index (χ3v) is 6.48. The van der Waals surface area contributed by atoms with Crippen LogP contribution in [0, 0.1) is 29.6 Å². The number of hydrogen-bond donors (Lipinski definition) is 1. The van der Waals surface area contributed by atoms with Crippen LogP contribution < -0.4 is 0 Å². The highest BCUT2D eigenvalue weighted by atomic mass is 32.1. The van der Waals surface area contributed by atoms with Gasteiger partial charge in [0, 0.05) is 5.25 Å². The van der Waals surface area contributed by atoms with E-state index in [0.717, 1.165) is 29.6 Å². The smallest absolute Gasteiger partial charge is 0.00399 e. The van der Waals surface area contributed by atoms with Gasteiger partial charge in [-0.15, -0.1) is 0 Å². The first-order valence-corrected chi connectivity index (χ1v) is 9.59. The Labute approximate surface area is 133 Å². The molecule has 0 radical (unpaired) electrons. The van der Waals surface area contributed by atoms with Crippen molar-refractivity contribution < 1.29 is 0 Å². The van der Waals surface area contributed by atoms with Gasteiger partial charge in [0.1, 0.15) is 0 Å². The Bertz CT molecular complexity index is 248. The molecule has 20 heavy (non-hydrogen) atoms. The summed E-state index contributed by atoms with van der Waals surface area (Å²) in [6.07, 6.45) is 11.4. The Balaban J connectivity index is 2.13. The molecule has 0 aromatic heterocycles. The van der Waals surface area contributed by atoms with Crippen molar-refractivity contribution >= 4 is 12.6 Å². The minimum Gasteiger partial charge on any atom is -0.176 e. The standard InChI is InChI=1S/C19H38S/c1-14(2)19(20)12-10-15(3)7-6-8-18-13-16(4)9-11-17(18)5/h14-20H,6-13H2,1-5H3. The van der Waals surface area contributed by atoms with Crippen LogP contribution in [0.2, 0.25) is 0 Å². The zero-order valence-corrected chi connectivity index (χ0v) is 15.5. The monoisotopic (exact) mass is 298 g/mol. The quantitative estimate of drug-likeness (QED) is 0.479. The lowest BCUT2D eigenvalue weighted by atomic mass is 9.73. The maximum atomic E-state index is 4.70. The van der Waals surface area contributed by atoms with Crippen molar-refractivity contribution in [3.63, 3.8) is 0 Å². The SMILES string of the molecule is CC(CCCC1CC(C)CCC1C)CCC(S)C(C)C. The van der Waals surface area contributed by atoms with Crippen molar-refractivity contribution in [1.82, 2.24) is 0 Å². The summed E-state index contributed by atoms with van der Waals surface area (Å²) in [7, 11) is 0. The van der Waals surface area contributed by atoms with E-state index in [1.807, 2.05) is 0 Å². The Morgan fingerprint density at radius 3 is 2.35 bits per heavy atom. The molecule has 0 aromatic rings. The second kappa shape index (κ2) is 9.38. The zero-order chi connectivity index (χ0) is 15.1. The van der Waals surface area contributed by atoms with Crippen LogP contribution in [-0.4, -0.2) is 5.25 Å². The number of hydrogen-bond acceptors (Lipinski definition) is 1. The van der Waals surface area contributed by atoms with E-state index in [4.69, 9.17) is 12.6 Å². The molecule has 0 N–H and O–H groups in total. The predicted molar refractivity (Wildman–Crippen MR) is 95.5 cm³/mol. The molecule has 0 aromatic carbocycles. The third kappa shape index (κ3) is 6.87. The Morgan fingerprint density at radius 2 is 1.70 bits per heavy atom. The molecule has 1 aliphatic rings. The summed E-state index contributed by atoms with van der Waals surface area (Å²) in [6.45, 7) is 11.9.